The van der Waals surface area contributed by atoms with Crippen LogP contribution in [0.15, 0.2) is 0 Å². The molecule has 0 aromatic rings. The summed E-state index contributed by atoms with van der Waals surface area (Å²) in [5.41, 5.74) is 0. The van der Waals surface area contributed by atoms with Crippen LogP contribution >= 0.6 is 0 Å². The van der Waals surface area contributed by atoms with Crippen molar-refractivity contribution in [3.05, 3.63) is 0 Å². The van der Waals surface area contributed by atoms with Gasteiger partial charge in [-0.1, -0.05) is 0 Å². The van der Waals surface area contributed by atoms with Gasteiger partial charge in [0.15, 0.2) is 0 Å². The molecule has 2 amide bonds. The van der Waals surface area contributed by atoms with Gasteiger partial charge in [0.25, 0.3) is 0 Å². The molecular formula is C10H16N2O2. The largest absolute Gasteiger partial charge is 0.344 e. The fourth-order valence-corrected chi connectivity index (χ4v) is 2.13. The van der Waals surface area contributed by atoms with Crippen molar-refractivity contribution in [3.8, 4) is 0 Å². The molecule has 0 radical (unpaired) electrons. The van der Waals surface area contributed by atoms with Gasteiger partial charge < -0.3 is 9.80 Å². The summed E-state index contributed by atoms with van der Waals surface area (Å²) < 4.78 is 0. The summed E-state index contributed by atoms with van der Waals surface area (Å²) in [6.07, 6.45) is 4.33. The lowest BCUT2D eigenvalue weighted by molar-refractivity contribution is -0.144. The number of piperidine rings is 1. The number of carbonyl (C=O) groups excluding carboxylic acids is 2. The fraction of sp³-hybridized carbons (Fsp3) is 0.800. The second-order valence-corrected chi connectivity index (χ2v) is 4.14. The van der Waals surface area contributed by atoms with Crippen LogP contribution in [0, 0.1) is 5.92 Å². The van der Waals surface area contributed by atoms with Crippen LogP contribution in [0.3, 0.4) is 0 Å². The molecule has 2 aliphatic heterocycles. The molecule has 2 fully saturated rings. The van der Waals surface area contributed by atoms with Crippen molar-refractivity contribution >= 4 is 12.3 Å². The Morgan fingerprint density at radius 3 is 2.36 bits per heavy atom. The molecular weight excluding hydrogens is 180 g/mol. The van der Waals surface area contributed by atoms with Crippen LogP contribution in [0.5, 0.6) is 0 Å². The Hall–Kier alpha value is -1.06. The molecule has 0 unspecified atom stereocenters. The Balaban J connectivity index is 1.80. The summed E-state index contributed by atoms with van der Waals surface area (Å²) in [6, 6.07) is 0. The Morgan fingerprint density at radius 2 is 1.79 bits per heavy atom. The van der Waals surface area contributed by atoms with Crippen LogP contribution in [0.25, 0.3) is 0 Å². The smallest absolute Gasteiger partial charge is 0.229 e. The van der Waals surface area contributed by atoms with E-state index in [-0.39, 0.29) is 11.8 Å². The molecule has 0 bridgehead atoms. The van der Waals surface area contributed by atoms with Crippen molar-refractivity contribution in [2.45, 2.75) is 19.3 Å². The van der Waals surface area contributed by atoms with Crippen LogP contribution in [0.2, 0.25) is 0 Å². The highest BCUT2D eigenvalue weighted by atomic mass is 16.2. The van der Waals surface area contributed by atoms with Crippen LogP contribution in [0.4, 0.5) is 0 Å². The average Bonchev–Trinajstić information content (AvgIpc) is 2.17. The van der Waals surface area contributed by atoms with E-state index >= 15 is 0 Å². The lowest BCUT2D eigenvalue weighted by atomic mass is 9.98. The first-order valence-corrected chi connectivity index (χ1v) is 5.29. The maximum absolute atomic E-state index is 11.8. The van der Waals surface area contributed by atoms with Crippen LogP contribution < -0.4 is 0 Å². The monoisotopic (exact) mass is 196 g/mol. The van der Waals surface area contributed by atoms with E-state index in [2.05, 4.69) is 0 Å². The minimum atomic E-state index is 0.0818. The number of nitrogens with zero attached hydrogens (tertiary/aromatic N) is 2. The van der Waals surface area contributed by atoms with Gasteiger partial charge in [-0.25, -0.2) is 0 Å². The summed E-state index contributed by atoms with van der Waals surface area (Å²) in [7, 11) is 0. The fourth-order valence-electron chi connectivity index (χ4n) is 2.13. The summed E-state index contributed by atoms with van der Waals surface area (Å²) in [5.74, 6) is 0.334. The number of amides is 2. The highest BCUT2D eigenvalue weighted by molar-refractivity contribution is 5.81. The zero-order valence-corrected chi connectivity index (χ0v) is 8.32. The van der Waals surface area contributed by atoms with Gasteiger partial charge in [0.2, 0.25) is 12.3 Å². The highest BCUT2D eigenvalue weighted by Crippen LogP contribution is 2.19. The van der Waals surface area contributed by atoms with Gasteiger partial charge in [0, 0.05) is 26.2 Å². The molecule has 2 rings (SSSR count). The molecule has 4 nitrogen and oxygen atoms in total. The Kier molecular flexibility index (Phi) is 2.70. The minimum absolute atomic E-state index is 0.0818. The molecule has 78 valence electrons. The lowest BCUT2D eigenvalue weighted by Gasteiger charge is -2.39. The summed E-state index contributed by atoms with van der Waals surface area (Å²) in [5, 5.41) is 0. The third-order valence-electron chi connectivity index (χ3n) is 3.08. The third-order valence-corrected chi connectivity index (χ3v) is 3.08. The number of carbonyl (C=O) groups is 2. The Morgan fingerprint density at radius 1 is 1.14 bits per heavy atom. The third kappa shape index (κ3) is 1.74. The van der Waals surface area contributed by atoms with Crippen molar-refractivity contribution in [1.29, 1.82) is 0 Å². The van der Waals surface area contributed by atoms with Crippen molar-refractivity contribution < 1.29 is 9.59 Å². The topological polar surface area (TPSA) is 40.6 Å². The molecule has 14 heavy (non-hydrogen) atoms. The molecule has 0 spiro atoms. The molecule has 0 aromatic carbocycles. The van der Waals surface area contributed by atoms with Gasteiger partial charge in [-0.15, -0.1) is 0 Å². The van der Waals surface area contributed by atoms with Crippen molar-refractivity contribution in [2.24, 2.45) is 5.92 Å². The van der Waals surface area contributed by atoms with Gasteiger partial charge in [-0.05, 0) is 19.3 Å². The molecule has 2 heterocycles. The van der Waals surface area contributed by atoms with E-state index < -0.39 is 0 Å². The van der Waals surface area contributed by atoms with Gasteiger partial charge >= 0.3 is 0 Å². The molecule has 0 saturated carbocycles. The van der Waals surface area contributed by atoms with E-state index in [4.69, 9.17) is 0 Å². The summed E-state index contributed by atoms with van der Waals surface area (Å²) in [4.78, 5) is 25.8. The van der Waals surface area contributed by atoms with Gasteiger partial charge in [-0.3, -0.25) is 9.59 Å². The molecule has 0 atom stereocenters. The predicted octanol–water partition coefficient (Wildman–Crippen LogP) is 0.0871. The first-order valence-electron chi connectivity index (χ1n) is 5.29. The van der Waals surface area contributed by atoms with Crippen LogP contribution in [-0.4, -0.2) is 48.3 Å². The first-order chi connectivity index (χ1) is 6.81. The zero-order chi connectivity index (χ0) is 9.97. The maximum atomic E-state index is 11.8. The van der Waals surface area contributed by atoms with E-state index in [0.717, 1.165) is 32.3 Å². The van der Waals surface area contributed by atoms with Gasteiger partial charge in [0.1, 0.15) is 0 Å². The average molecular weight is 196 g/mol. The van der Waals surface area contributed by atoms with E-state index in [9.17, 15) is 9.59 Å². The molecule has 0 aromatic heterocycles. The summed E-state index contributed by atoms with van der Waals surface area (Å²) >= 11 is 0. The quantitative estimate of drug-likeness (QED) is 0.587. The number of likely N-dealkylation sites (tertiary alicyclic amines) is 2. The van der Waals surface area contributed by atoms with Crippen LogP contribution in [0.1, 0.15) is 19.3 Å². The van der Waals surface area contributed by atoms with Crippen molar-refractivity contribution in [2.75, 3.05) is 26.2 Å². The predicted molar refractivity (Wildman–Crippen MR) is 51.6 cm³/mol. The normalized spacial score (nSPS) is 23.1. The zero-order valence-electron chi connectivity index (χ0n) is 8.32. The summed E-state index contributed by atoms with van der Waals surface area (Å²) in [6.45, 7) is 3.07. The van der Waals surface area contributed by atoms with E-state index in [1.165, 1.54) is 6.42 Å². The van der Waals surface area contributed by atoms with Gasteiger partial charge in [-0.2, -0.15) is 0 Å². The maximum Gasteiger partial charge on any atom is 0.229 e. The second kappa shape index (κ2) is 3.98. The Labute approximate surface area is 83.9 Å². The van der Waals surface area contributed by atoms with E-state index in [1.54, 1.807) is 4.90 Å². The molecule has 0 aliphatic carbocycles. The minimum Gasteiger partial charge on any atom is -0.344 e. The molecule has 2 saturated heterocycles. The lowest BCUT2D eigenvalue weighted by Crippen LogP contribution is -2.54. The van der Waals surface area contributed by atoms with E-state index in [0.29, 0.717) is 13.1 Å². The van der Waals surface area contributed by atoms with Crippen molar-refractivity contribution in [1.82, 2.24) is 9.80 Å². The van der Waals surface area contributed by atoms with Gasteiger partial charge in [0.05, 0.1) is 5.92 Å². The standard InChI is InChI=1S/C10H16N2O2/c13-8-11-6-9(7-11)10(14)12-4-2-1-3-5-12/h8-9H,1-7H2. The van der Waals surface area contributed by atoms with E-state index in [1.807, 2.05) is 4.90 Å². The van der Waals surface area contributed by atoms with Crippen molar-refractivity contribution in [3.63, 3.8) is 0 Å². The second-order valence-electron chi connectivity index (χ2n) is 4.14. The number of hydrogen-bond acceptors (Lipinski definition) is 2. The highest BCUT2D eigenvalue weighted by Gasteiger charge is 2.34. The molecule has 0 N–H and O–H groups in total. The SMILES string of the molecule is O=CN1CC(C(=O)N2CCCCC2)C1. The molecule has 2 aliphatic rings. The number of hydrogen-bond donors (Lipinski definition) is 0. The number of rotatable bonds is 2. The molecule has 4 heteroatoms. The Bertz CT molecular complexity index is 230. The first kappa shape index (κ1) is 9.49. The van der Waals surface area contributed by atoms with Crippen LogP contribution in [-0.2, 0) is 9.59 Å².